The van der Waals surface area contributed by atoms with Crippen molar-refractivity contribution in [1.29, 1.82) is 0 Å². The number of carbonyl (C=O) groups is 1. The van der Waals surface area contributed by atoms with Gasteiger partial charge in [0.25, 0.3) is 0 Å². The van der Waals surface area contributed by atoms with Crippen molar-refractivity contribution in [2.24, 2.45) is 0 Å². The smallest absolute Gasteiger partial charge is 0.240 e. The Kier molecular flexibility index (Phi) is 5.73. The lowest BCUT2D eigenvalue weighted by Crippen LogP contribution is -2.36. The van der Waals surface area contributed by atoms with Gasteiger partial charge in [0.05, 0.1) is 28.7 Å². The van der Waals surface area contributed by atoms with Crippen molar-refractivity contribution in [3.8, 4) is 5.69 Å². The molecule has 160 valence electrons. The second-order valence-electron chi connectivity index (χ2n) is 7.68. The van der Waals surface area contributed by atoms with Gasteiger partial charge in [-0.2, -0.15) is 10.1 Å². The van der Waals surface area contributed by atoms with Crippen LogP contribution in [0.2, 0.25) is 0 Å². The van der Waals surface area contributed by atoms with Crippen LogP contribution < -0.4 is 10.2 Å². The molecule has 0 radical (unpaired) electrons. The molecular weight excluding hydrogens is 413 g/mol. The number of aryl methyl sites for hydroxylation is 2. The number of hydrogen-bond acceptors (Lipinski definition) is 5. The number of thiazole rings is 1. The third kappa shape index (κ3) is 4.44. The summed E-state index contributed by atoms with van der Waals surface area (Å²) in [6.07, 6.45) is 0. The van der Waals surface area contributed by atoms with E-state index in [4.69, 9.17) is 4.98 Å². The van der Waals surface area contributed by atoms with Gasteiger partial charge in [-0.05, 0) is 50.6 Å². The fraction of sp³-hybridized carbons (Fsp3) is 0.261. The molecule has 0 aliphatic heterocycles. The number of fused-ring (bicyclic) bond motifs is 1. The number of halogens is 1. The van der Waals surface area contributed by atoms with E-state index in [1.54, 1.807) is 12.1 Å². The third-order valence-electron chi connectivity index (χ3n) is 5.11. The Balaban J connectivity index is 1.49. The van der Waals surface area contributed by atoms with Crippen LogP contribution in [0.5, 0.6) is 0 Å². The first-order valence-corrected chi connectivity index (χ1v) is 10.8. The monoisotopic (exact) mass is 437 g/mol. The molecule has 1 atom stereocenters. The van der Waals surface area contributed by atoms with Gasteiger partial charge in [0.15, 0.2) is 10.8 Å². The van der Waals surface area contributed by atoms with Crippen LogP contribution in [-0.2, 0) is 4.79 Å². The van der Waals surface area contributed by atoms with Crippen LogP contribution in [0.4, 0.5) is 9.52 Å². The Morgan fingerprint density at radius 1 is 1.16 bits per heavy atom. The van der Waals surface area contributed by atoms with Gasteiger partial charge in [0.1, 0.15) is 5.82 Å². The molecular formula is C23H24FN5OS. The van der Waals surface area contributed by atoms with Crippen LogP contribution >= 0.6 is 11.3 Å². The van der Waals surface area contributed by atoms with Crippen molar-refractivity contribution in [3.05, 3.63) is 71.2 Å². The molecule has 0 saturated heterocycles. The summed E-state index contributed by atoms with van der Waals surface area (Å²) >= 11 is 1.52. The number of carbonyl (C=O) groups excluding carboxylic acids is 1. The minimum absolute atomic E-state index is 0.129. The second-order valence-corrected chi connectivity index (χ2v) is 8.66. The molecule has 31 heavy (non-hydrogen) atoms. The molecule has 4 rings (SSSR count). The quantitative estimate of drug-likeness (QED) is 0.481. The summed E-state index contributed by atoms with van der Waals surface area (Å²) in [7, 11) is 1.85. The molecule has 0 aliphatic rings. The number of anilines is 1. The molecule has 0 unspecified atom stereocenters. The minimum Gasteiger partial charge on any atom is -0.348 e. The first kappa shape index (κ1) is 21.0. The lowest BCUT2D eigenvalue weighted by Gasteiger charge is -2.18. The average molecular weight is 438 g/mol. The zero-order valence-electron chi connectivity index (χ0n) is 17.9. The molecule has 8 heteroatoms. The van der Waals surface area contributed by atoms with E-state index in [2.05, 4.69) is 10.4 Å². The molecule has 0 saturated carbocycles. The first-order chi connectivity index (χ1) is 14.8. The molecule has 0 bridgehead atoms. The van der Waals surface area contributed by atoms with E-state index in [9.17, 15) is 9.18 Å². The van der Waals surface area contributed by atoms with Gasteiger partial charge in [-0.3, -0.25) is 4.79 Å². The van der Waals surface area contributed by atoms with Gasteiger partial charge in [-0.15, -0.1) is 0 Å². The molecule has 0 fully saturated rings. The van der Waals surface area contributed by atoms with Crippen molar-refractivity contribution in [3.63, 3.8) is 0 Å². The van der Waals surface area contributed by atoms with Gasteiger partial charge < -0.3 is 10.2 Å². The lowest BCUT2D eigenvalue weighted by atomic mass is 10.1. The number of aromatic nitrogens is 3. The molecule has 2 aromatic heterocycles. The fourth-order valence-corrected chi connectivity index (χ4v) is 4.30. The zero-order valence-corrected chi connectivity index (χ0v) is 18.7. The topological polar surface area (TPSA) is 63.1 Å². The van der Waals surface area contributed by atoms with Gasteiger partial charge >= 0.3 is 0 Å². The second kappa shape index (κ2) is 8.47. The minimum atomic E-state index is -0.294. The predicted molar refractivity (Wildman–Crippen MR) is 122 cm³/mol. The van der Waals surface area contributed by atoms with Crippen molar-refractivity contribution in [1.82, 2.24) is 20.1 Å². The molecule has 4 aromatic rings. The fourth-order valence-electron chi connectivity index (χ4n) is 3.36. The maximum absolute atomic E-state index is 13.1. The number of benzene rings is 2. The summed E-state index contributed by atoms with van der Waals surface area (Å²) in [5.41, 5.74) is 4.68. The molecule has 1 amide bonds. The summed E-state index contributed by atoms with van der Waals surface area (Å²) < 4.78 is 16.0. The number of nitrogens with zero attached hydrogens (tertiary/aromatic N) is 4. The number of amides is 1. The molecule has 2 heterocycles. The zero-order chi connectivity index (χ0) is 22.1. The maximum Gasteiger partial charge on any atom is 0.240 e. The highest BCUT2D eigenvalue weighted by Gasteiger charge is 2.19. The largest absolute Gasteiger partial charge is 0.348 e. The number of hydrogen-bond donors (Lipinski definition) is 1. The third-order valence-corrected chi connectivity index (χ3v) is 6.38. The standard InChI is InChI=1S/C23H24FN5OS/c1-14-5-11-19(12-6-14)29-22-21(16(3)27-29)31-23(26-22)28(4)13-20(30)25-15(2)17-7-9-18(24)10-8-17/h5-12,15H,13H2,1-4H3,(H,25,30)/t15-/m1/s1. The predicted octanol–water partition coefficient (Wildman–Crippen LogP) is 4.55. The van der Waals surface area contributed by atoms with Crippen molar-refractivity contribution >= 4 is 32.7 Å². The van der Waals surface area contributed by atoms with E-state index in [1.807, 2.05) is 61.7 Å². The van der Waals surface area contributed by atoms with Crippen molar-refractivity contribution < 1.29 is 9.18 Å². The van der Waals surface area contributed by atoms with E-state index in [-0.39, 0.29) is 24.3 Å². The molecule has 1 N–H and O–H groups in total. The van der Waals surface area contributed by atoms with Crippen LogP contribution in [0, 0.1) is 19.7 Å². The Bertz CT molecular complexity index is 1210. The summed E-state index contributed by atoms with van der Waals surface area (Å²) in [6, 6.07) is 14.1. The number of likely N-dealkylation sites (N-methyl/N-ethyl adjacent to an activating group) is 1. The van der Waals surface area contributed by atoms with Crippen LogP contribution in [0.15, 0.2) is 48.5 Å². The van der Waals surface area contributed by atoms with Gasteiger partial charge in [-0.25, -0.2) is 9.07 Å². The van der Waals surface area contributed by atoms with Gasteiger partial charge in [-0.1, -0.05) is 41.2 Å². The van der Waals surface area contributed by atoms with E-state index in [0.29, 0.717) is 0 Å². The Hall–Kier alpha value is -3.26. The first-order valence-electron chi connectivity index (χ1n) is 10.0. The highest BCUT2D eigenvalue weighted by Crippen LogP contribution is 2.32. The number of nitrogens with one attached hydrogen (secondary N) is 1. The molecule has 6 nitrogen and oxygen atoms in total. The molecule has 0 spiro atoms. The lowest BCUT2D eigenvalue weighted by molar-refractivity contribution is -0.120. The summed E-state index contributed by atoms with van der Waals surface area (Å²) in [5.74, 6) is -0.423. The van der Waals surface area contributed by atoms with Crippen LogP contribution in [0.3, 0.4) is 0 Å². The van der Waals surface area contributed by atoms with E-state index in [0.717, 1.165) is 32.4 Å². The SMILES string of the molecule is Cc1ccc(-n2nc(C)c3sc(N(C)CC(=O)N[C@H](C)c4ccc(F)cc4)nc32)cc1. The van der Waals surface area contributed by atoms with Crippen molar-refractivity contribution in [2.45, 2.75) is 26.8 Å². The van der Waals surface area contributed by atoms with Crippen LogP contribution in [-0.4, -0.2) is 34.3 Å². The number of rotatable bonds is 6. The summed E-state index contributed by atoms with van der Waals surface area (Å²) in [5, 5.41) is 8.34. The van der Waals surface area contributed by atoms with Crippen LogP contribution in [0.25, 0.3) is 16.0 Å². The van der Waals surface area contributed by atoms with E-state index in [1.165, 1.54) is 29.0 Å². The average Bonchev–Trinajstić information content (AvgIpc) is 3.30. The van der Waals surface area contributed by atoms with Gasteiger partial charge in [0, 0.05) is 7.05 Å². The highest BCUT2D eigenvalue weighted by atomic mass is 32.1. The normalized spacial score (nSPS) is 12.2. The molecule has 0 aliphatic carbocycles. The molecule has 2 aromatic carbocycles. The summed E-state index contributed by atoms with van der Waals surface area (Å²) in [4.78, 5) is 19.1. The highest BCUT2D eigenvalue weighted by molar-refractivity contribution is 7.22. The van der Waals surface area contributed by atoms with E-state index >= 15 is 0 Å². The Labute approximate surface area is 184 Å². The Morgan fingerprint density at radius 2 is 1.84 bits per heavy atom. The van der Waals surface area contributed by atoms with Gasteiger partial charge in [0.2, 0.25) is 5.91 Å². The van der Waals surface area contributed by atoms with Crippen LogP contribution in [0.1, 0.15) is 29.8 Å². The Morgan fingerprint density at radius 3 is 2.52 bits per heavy atom. The van der Waals surface area contributed by atoms with E-state index < -0.39 is 0 Å². The maximum atomic E-state index is 13.1. The summed E-state index contributed by atoms with van der Waals surface area (Å²) in [6.45, 7) is 6.05. The van der Waals surface area contributed by atoms with Crippen molar-refractivity contribution in [2.75, 3.05) is 18.5 Å².